The highest BCUT2D eigenvalue weighted by Crippen LogP contribution is 1.76. The Hall–Kier alpha value is -0.730. The minimum Gasteiger partial charge on any atom is -0.351 e. The smallest absolute Gasteiger partial charge is 0.238 e. The number of rotatable bonds is 0. The number of hydrogen-bond donors (Lipinski definition) is 1. The molecular weight excluding hydrogens is 78.1 g/mol. The van der Waals surface area contributed by atoms with E-state index in [-0.39, 0.29) is 5.96 Å². The van der Waals surface area contributed by atoms with Crippen molar-refractivity contribution in [2.75, 3.05) is 13.1 Å². The summed E-state index contributed by atoms with van der Waals surface area (Å²) in [5.74, 6) is 0.0787. The number of hydrogen-bond acceptors (Lipinski definition) is 2. The Balaban J connectivity index is 2.45. The van der Waals surface area contributed by atoms with Gasteiger partial charge in [-0.25, -0.2) is 4.99 Å². The topological polar surface area (TPSA) is 46.7 Å². The highest BCUT2D eigenvalue weighted by atomic mass is 15.1. The maximum Gasteiger partial charge on any atom is 0.238 e. The molecule has 1 rings (SSSR count). The van der Waals surface area contributed by atoms with Gasteiger partial charge in [-0.15, -0.1) is 5.73 Å². The van der Waals surface area contributed by atoms with Gasteiger partial charge < -0.3 is 5.32 Å². The van der Waals surface area contributed by atoms with Crippen molar-refractivity contribution in [3.05, 3.63) is 0 Å². The van der Waals surface area contributed by atoms with E-state index >= 15 is 0 Å². The first-order valence-electron chi connectivity index (χ1n) is 1.87. The quantitative estimate of drug-likeness (QED) is 0.401. The molecule has 1 heterocycles. The van der Waals surface area contributed by atoms with Crippen LogP contribution in [0.25, 0.3) is 0 Å². The van der Waals surface area contributed by atoms with Crippen LogP contribution in [0.2, 0.25) is 0 Å². The molecular formula is C3H5N3. The van der Waals surface area contributed by atoms with Crippen molar-refractivity contribution < 1.29 is 0 Å². The summed E-state index contributed by atoms with van der Waals surface area (Å²) in [5, 5.41) is 2.62. The van der Waals surface area contributed by atoms with Crippen LogP contribution in [-0.2, 0) is 0 Å². The molecule has 3 heteroatoms. The molecule has 6 heavy (non-hydrogen) atoms. The van der Waals surface area contributed by atoms with E-state index in [0.717, 1.165) is 6.54 Å². The zero-order valence-electron chi connectivity index (χ0n) is 3.31. The normalized spacial score (nSPS) is 19.7. The number of aliphatic imine (C=N–C) groups is 1. The van der Waals surface area contributed by atoms with Crippen molar-refractivity contribution in [3.63, 3.8) is 0 Å². The molecule has 0 spiro atoms. The van der Waals surface area contributed by atoms with Crippen molar-refractivity contribution in [3.8, 4) is 0 Å². The van der Waals surface area contributed by atoms with Gasteiger partial charge >= 0.3 is 0 Å². The SMILES string of the molecule is [N]C1=NCCN1. The standard InChI is InChI=1S/C3H5N3/c4-3-5-1-2-6-3/h1-2H2,(H,5,6). The molecule has 1 aliphatic rings. The van der Waals surface area contributed by atoms with Crippen LogP contribution >= 0.6 is 0 Å². The van der Waals surface area contributed by atoms with Gasteiger partial charge in [-0.1, -0.05) is 0 Å². The zero-order valence-corrected chi connectivity index (χ0v) is 3.31. The average Bonchev–Trinajstić information content (AvgIpc) is 1.86. The van der Waals surface area contributed by atoms with E-state index in [4.69, 9.17) is 5.73 Å². The fourth-order valence-electron chi connectivity index (χ4n) is 0.385. The fourth-order valence-corrected chi connectivity index (χ4v) is 0.385. The van der Waals surface area contributed by atoms with E-state index < -0.39 is 0 Å². The molecule has 0 unspecified atom stereocenters. The number of guanidine groups is 1. The summed E-state index contributed by atoms with van der Waals surface area (Å²) < 4.78 is 0. The van der Waals surface area contributed by atoms with Crippen LogP contribution in [0.1, 0.15) is 0 Å². The second-order valence-electron chi connectivity index (χ2n) is 1.13. The monoisotopic (exact) mass is 83.0 g/mol. The lowest BCUT2D eigenvalue weighted by atomic mass is 10.7. The van der Waals surface area contributed by atoms with Crippen LogP contribution in [0.15, 0.2) is 4.99 Å². The van der Waals surface area contributed by atoms with Crippen molar-refractivity contribution >= 4 is 5.96 Å². The van der Waals surface area contributed by atoms with Crippen molar-refractivity contribution in [1.29, 1.82) is 0 Å². The van der Waals surface area contributed by atoms with Crippen LogP contribution in [0, 0.1) is 0 Å². The molecule has 0 aromatic rings. The first kappa shape index (κ1) is 3.46. The van der Waals surface area contributed by atoms with Gasteiger partial charge in [0, 0.05) is 6.54 Å². The second-order valence-corrected chi connectivity index (χ2v) is 1.13. The minimum absolute atomic E-state index is 0.0787. The Morgan fingerprint density at radius 3 is 2.83 bits per heavy atom. The Bertz CT molecular complexity index is 76.1. The first-order chi connectivity index (χ1) is 2.89. The molecule has 1 aliphatic heterocycles. The van der Waals surface area contributed by atoms with Crippen LogP contribution in [-0.4, -0.2) is 19.0 Å². The van der Waals surface area contributed by atoms with Gasteiger partial charge in [0.15, 0.2) is 0 Å². The molecule has 0 aromatic carbocycles. The lowest BCUT2D eigenvalue weighted by Crippen LogP contribution is -2.18. The van der Waals surface area contributed by atoms with E-state index in [0.29, 0.717) is 6.54 Å². The van der Waals surface area contributed by atoms with E-state index in [1.165, 1.54) is 0 Å². The maximum absolute atomic E-state index is 8.37. The summed E-state index contributed by atoms with van der Waals surface area (Å²) in [6.45, 7) is 1.50. The third-order valence-corrected chi connectivity index (χ3v) is 0.656. The number of nitrogens with one attached hydrogen (secondary N) is 1. The van der Waals surface area contributed by atoms with E-state index in [1.54, 1.807) is 0 Å². The molecule has 0 amide bonds. The van der Waals surface area contributed by atoms with Gasteiger partial charge in [0.2, 0.25) is 5.96 Å². The molecule has 0 aromatic heterocycles. The lowest BCUT2D eigenvalue weighted by molar-refractivity contribution is 0.956. The molecule has 32 valence electrons. The summed E-state index contributed by atoms with van der Waals surface area (Å²) in [4.78, 5) is 3.60. The Morgan fingerprint density at radius 1 is 1.83 bits per heavy atom. The predicted octanol–water partition coefficient (Wildman–Crippen LogP) is -0.986. The molecule has 0 fully saturated rings. The Labute approximate surface area is 36.2 Å². The van der Waals surface area contributed by atoms with Crippen molar-refractivity contribution in [2.24, 2.45) is 4.99 Å². The molecule has 0 saturated heterocycles. The predicted molar refractivity (Wildman–Crippen MR) is 22.4 cm³/mol. The van der Waals surface area contributed by atoms with Crippen LogP contribution in [0.3, 0.4) is 0 Å². The van der Waals surface area contributed by atoms with Gasteiger partial charge in [-0.05, 0) is 0 Å². The molecule has 0 aliphatic carbocycles. The lowest BCUT2D eigenvalue weighted by Gasteiger charge is -1.81. The summed E-state index contributed by atoms with van der Waals surface area (Å²) in [5.41, 5.74) is 8.37. The van der Waals surface area contributed by atoms with Gasteiger partial charge in [0.05, 0.1) is 6.54 Å². The van der Waals surface area contributed by atoms with Gasteiger partial charge in [0.25, 0.3) is 0 Å². The summed E-state index contributed by atoms with van der Waals surface area (Å²) in [7, 11) is 0. The summed E-state index contributed by atoms with van der Waals surface area (Å²) in [6.07, 6.45) is 0. The maximum atomic E-state index is 8.37. The molecule has 1 N–H and O–H groups in total. The molecule has 0 bridgehead atoms. The highest BCUT2D eigenvalue weighted by molar-refractivity contribution is 5.78. The second kappa shape index (κ2) is 1.16. The van der Waals surface area contributed by atoms with Gasteiger partial charge in [-0.3, -0.25) is 0 Å². The molecule has 2 radical (unpaired) electrons. The van der Waals surface area contributed by atoms with E-state index in [9.17, 15) is 0 Å². The van der Waals surface area contributed by atoms with Crippen molar-refractivity contribution in [1.82, 2.24) is 11.1 Å². The third-order valence-electron chi connectivity index (χ3n) is 0.656. The summed E-state index contributed by atoms with van der Waals surface area (Å²) >= 11 is 0. The Kier molecular flexibility index (Phi) is 0.670. The Morgan fingerprint density at radius 2 is 2.67 bits per heavy atom. The first-order valence-corrected chi connectivity index (χ1v) is 1.87. The van der Waals surface area contributed by atoms with Crippen LogP contribution in [0.4, 0.5) is 0 Å². The minimum atomic E-state index is 0.0787. The van der Waals surface area contributed by atoms with Gasteiger partial charge in [0.1, 0.15) is 0 Å². The largest absolute Gasteiger partial charge is 0.351 e. The molecule has 0 saturated carbocycles. The van der Waals surface area contributed by atoms with Gasteiger partial charge in [-0.2, -0.15) is 0 Å². The van der Waals surface area contributed by atoms with Crippen LogP contribution < -0.4 is 11.1 Å². The van der Waals surface area contributed by atoms with Crippen molar-refractivity contribution in [2.45, 2.75) is 0 Å². The van der Waals surface area contributed by atoms with Crippen LogP contribution in [0.5, 0.6) is 0 Å². The number of nitrogens with zero attached hydrogens (tertiary/aromatic N) is 2. The zero-order chi connectivity index (χ0) is 4.41. The fraction of sp³-hybridized carbons (Fsp3) is 0.667. The third kappa shape index (κ3) is 0.429. The average molecular weight is 83.1 g/mol. The van der Waals surface area contributed by atoms with E-state index in [1.807, 2.05) is 0 Å². The highest BCUT2D eigenvalue weighted by Gasteiger charge is 1.97. The summed E-state index contributed by atoms with van der Waals surface area (Å²) in [6, 6.07) is 0. The molecule has 0 atom stereocenters. The molecule has 3 nitrogen and oxygen atoms in total. The van der Waals surface area contributed by atoms with E-state index in [2.05, 4.69) is 10.3 Å².